The molecule has 0 aliphatic heterocycles. The summed E-state index contributed by atoms with van der Waals surface area (Å²) in [5.74, 6) is 0.351. The number of rotatable bonds is 4. The standard InChI is InChI=1S/C11H16BrN3O2S/c1-11(2)5-9(11)15-18(16,17)8-4-7(12)6-14-10(8)13-3/h4,6,9,15H,5H2,1-3H3,(H,13,14). The maximum atomic E-state index is 12.3. The van der Waals surface area contributed by atoms with Crippen LogP contribution in [0.1, 0.15) is 20.3 Å². The molecule has 0 amide bonds. The van der Waals surface area contributed by atoms with Gasteiger partial charge in [-0.05, 0) is 33.8 Å². The molecule has 1 heterocycles. The Morgan fingerprint density at radius 1 is 1.50 bits per heavy atom. The van der Waals surface area contributed by atoms with Crippen LogP contribution in [0.25, 0.3) is 0 Å². The molecule has 0 saturated heterocycles. The largest absolute Gasteiger partial charge is 0.372 e. The second-order valence-corrected chi connectivity index (χ2v) is 7.71. The van der Waals surface area contributed by atoms with E-state index in [9.17, 15) is 8.42 Å². The van der Waals surface area contributed by atoms with Crippen LogP contribution in [0.2, 0.25) is 0 Å². The third-order valence-corrected chi connectivity index (χ3v) is 5.08. The van der Waals surface area contributed by atoms with Crippen LogP contribution in [0.5, 0.6) is 0 Å². The number of sulfonamides is 1. The molecule has 18 heavy (non-hydrogen) atoms. The summed E-state index contributed by atoms with van der Waals surface area (Å²) < 4.78 is 27.9. The lowest BCUT2D eigenvalue weighted by Gasteiger charge is -2.11. The minimum absolute atomic E-state index is 0.00573. The minimum atomic E-state index is -3.54. The molecule has 2 N–H and O–H groups in total. The van der Waals surface area contributed by atoms with Gasteiger partial charge < -0.3 is 5.32 Å². The summed E-state index contributed by atoms with van der Waals surface area (Å²) in [6, 6.07) is 1.56. The van der Waals surface area contributed by atoms with E-state index in [-0.39, 0.29) is 16.4 Å². The molecule has 0 radical (unpaired) electrons. The number of pyridine rings is 1. The molecular weight excluding hydrogens is 318 g/mol. The summed E-state index contributed by atoms with van der Waals surface area (Å²) in [5.41, 5.74) is 0.0479. The molecule has 100 valence electrons. The van der Waals surface area contributed by atoms with Gasteiger partial charge in [0.2, 0.25) is 10.0 Å². The van der Waals surface area contributed by atoms with Crippen molar-refractivity contribution >= 4 is 31.8 Å². The zero-order valence-electron chi connectivity index (χ0n) is 10.5. The Morgan fingerprint density at radius 2 is 2.11 bits per heavy atom. The van der Waals surface area contributed by atoms with Gasteiger partial charge in [0.15, 0.2) is 0 Å². The van der Waals surface area contributed by atoms with Crippen molar-refractivity contribution < 1.29 is 8.42 Å². The summed E-state index contributed by atoms with van der Waals surface area (Å²) in [6.07, 6.45) is 2.43. The number of hydrogen-bond donors (Lipinski definition) is 2. The lowest BCUT2D eigenvalue weighted by Crippen LogP contribution is -2.29. The number of hydrogen-bond acceptors (Lipinski definition) is 4. The van der Waals surface area contributed by atoms with Gasteiger partial charge in [0.1, 0.15) is 10.7 Å². The smallest absolute Gasteiger partial charge is 0.244 e. The molecule has 5 nitrogen and oxygen atoms in total. The lowest BCUT2D eigenvalue weighted by atomic mass is 10.2. The first-order valence-corrected chi connectivity index (χ1v) is 7.89. The maximum absolute atomic E-state index is 12.3. The highest BCUT2D eigenvalue weighted by Crippen LogP contribution is 2.45. The monoisotopic (exact) mass is 333 g/mol. The quantitative estimate of drug-likeness (QED) is 0.883. The highest BCUT2D eigenvalue weighted by molar-refractivity contribution is 9.10. The van der Waals surface area contributed by atoms with Crippen molar-refractivity contribution in [2.45, 2.75) is 31.2 Å². The Hall–Kier alpha value is -0.660. The van der Waals surface area contributed by atoms with E-state index in [1.165, 1.54) is 0 Å². The van der Waals surface area contributed by atoms with E-state index in [0.717, 1.165) is 6.42 Å². The van der Waals surface area contributed by atoms with Gasteiger partial charge in [0, 0.05) is 23.8 Å². The molecule has 1 atom stereocenters. The van der Waals surface area contributed by atoms with E-state index in [4.69, 9.17) is 0 Å². The van der Waals surface area contributed by atoms with E-state index in [1.54, 1.807) is 19.3 Å². The number of halogens is 1. The van der Waals surface area contributed by atoms with Gasteiger partial charge in [0.05, 0.1) is 0 Å². The first kappa shape index (κ1) is 13.8. The Kier molecular flexibility index (Phi) is 3.42. The predicted octanol–water partition coefficient (Wildman–Crippen LogP) is 1.96. The van der Waals surface area contributed by atoms with E-state index < -0.39 is 10.0 Å². The van der Waals surface area contributed by atoms with E-state index in [1.807, 2.05) is 13.8 Å². The molecule has 1 saturated carbocycles. The highest BCUT2D eigenvalue weighted by atomic mass is 79.9. The Bertz CT molecular complexity index is 572. The SMILES string of the molecule is CNc1ncc(Br)cc1S(=O)(=O)NC1CC1(C)C. The zero-order valence-corrected chi connectivity index (χ0v) is 12.9. The van der Waals surface area contributed by atoms with Gasteiger partial charge in [-0.15, -0.1) is 0 Å². The Morgan fingerprint density at radius 3 is 2.61 bits per heavy atom. The first-order valence-electron chi connectivity index (χ1n) is 5.62. The summed E-state index contributed by atoms with van der Waals surface area (Å²) in [5, 5.41) is 2.79. The van der Waals surface area contributed by atoms with E-state index in [0.29, 0.717) is 10.3 Å². The van der Waals surface area contributed by atoms with Crippen LogP contribution in [0.3, 0.4) is 0 Å². The van der Waals surface area contributed by atoms with Crippen LogP contribution in [0.15, 0.2) is 21.6 Å². The van der Waals surface area contributed by atoms with Crippen molar-refractivity contribution in [1.29, 1.82) is 0 Å². The molecule has 0 aromatic carbocycles. The molecular formula is C11H16BrN3O2S. The van der Waals surface area contributed by atoms with Crippen LogP contribution < -0.4 is 10.0 Å². The molecule has 2 rings (SSSR count). The van der Waals surface area contributed by atoms with Crippen molar-refractivity contribution in [1.82, 2.24) is 9.71 Å². The molecule has 1 fully saturated rings. The van der Waals surface area contributed by atoms with Crippen LogP contribution in [0.4, 0.5) is 5.82 Å². The van der Waals surface area contributed by atoms with Crippen molar-refractivity contribution in [3.05, 3.63) is 16.7 Å². The summed E-state index contributed by atoms with van der Waals surface area (Å²) >= 11 is 3.24. The summed E-state index contributed by atoms with van der Waals surface area (Å²) in [6.45, 7) is 4.08. The second-order valence-electron chi connectivity index (χ2n) is 5.12. The Balaban J connectivity index is 2.32. The normalized spacial score (nSPS) is 21.7. The van der Waals surface area contributed by atoms with Crippen molar-refractivity contribution in [2.75, 3.05) is 12.4 Å². The summed E-state index contributed by atoms with van der Waals surface area (Å²) in [7, 11) is -1.89. The van der Waals surface area contributed by atoms with Crippen LogP contribution in [0, 0.1) is 5.41 Å². The number of anilines is 1. The van der Waals surface area contributed by atoms with Gasteiger partial charge in [-0.3, -0.25) is 0 Å². The molecule has 0 bridgehead atoms. The van der Waals surface area contributed by atoms with E-state index in [2.05, 4.69) is 31.0 Å². The van der Waals surface area contributed by atoms with Crippen molar-refractivity contribution in [2.24, 2.45) is 5.41 Å². The number of nitrogens with zero attached hydrogens (tertiary/aromatic N) is 1. The maximum Gasteiger partial charge on any atom is 0.244 e. The van der Waals surface area contributed by atoms with Crippen LogP contribution >= 0.6 is 15.9 Å². The molecule has 1 aliphatic carbocycles. The molecule has 7 heteroatoms. The molecule has 1 unspecified atom stereocenters. The van der Waals surface area contributed by atoms with Gasteiger partial charge in [0.25, 0.3) is 0 Å². The molecule has 0 spiro atoms. The van der Waals surface area contributed by atoms with Crippen molar-refractivity contribution in [3.8, 4) is 0 Å². The molecule has 1 aromatic heterocycles. The average Bonchev–Trinajstić information content (AvgIpc) is 2.84. The topological polar surface area (TPSA) is 71.1 Å². The Labute approximate surface area is 116 Å². The third-order valence-electron chi connectivity index (χ3n) is 3.16. The minimum Gasteiger partial charge on any atom is -0.372 e. The first-order chi connectivity index (χ1) is 8.26. The van der Waals surface area contributed by atoms with Gasteiger partial charge in [-0.25, -0.2) is 18.1 Å². The van der Waals surface area contributed by atoms with Crippen LogP contribution in [-0.2, 0) is 10.0 Å². The van der Waals surface area contributed by atoms with Crippen molar-refractivity contribution in [3.63, 3.8) is 0 Å². The average molecular weight is 334 g/mol. The fraction of sp³-hybridized carbons (Fsp3) is 0.545. The highest BCUT2D eigenvalue weighted by Gasteiger charge is 2.48. The fourth-order valence-corrected chi connectivity index (χ4v) is 3.81. The van der Waals surface area contributed by atoms with Crippen LogP contribution in [-0.4, -0.2) is 26.5 Å². The molecule has 1 aromatic rings. The summed E-state index contributed by atoms with van der Waals surface area (Å²) in [4.78, 5) is 4.22. The predicted molar refractivity (Wildman–Crippen MR) is 74.0 cm³/mol. The van der Waals surface area contributed by atoms with Gasteiger partial charge in [-0.2, -0.15) is 0 Å². The number of nitrogens with one attached hydrogen (secondary N) is 2. The lowest BCUT2D eigenvalue weighted by molar-refractivity contribution is 0.555. The second kappa shape index (κ2) is 4.47. The van der Waals surface area contributed by atoms with Gasteiger partial charge in [-0.1, -0.05) is 13.8 Å². The zero-order chi connectivity index (χ0) is 13.6. The van der Waals surface area contributed by atoms with Gasteiger partial charge >= 0.3 is 0 Å². The molecule has 1 aliphatic rings. The number of aromatic nitrogens is 1. The fourth-order valence-electron chi connectivity index (χ4n) is 1.73. The van der Waals surface area contributed by atoms with E-state index >= 15 is 0 Å². The third kappa shape index (κ3) is 2.67.